The van der Waals surface area contributed by atoms with Crippen LogP contribution in [0.4, 0.5) is 0 Å². The second kappa shape index (κ2) is 9.91. The highest BCUT2D eigenvalue weighted by Crippen LogP contribution is 2.65. The monoisotopic (exact) mass is 609 g/mol. The van der Waals surface area contributed by atoms with Gasteiger partial charge >= 0.3 is 0 Å². The van der Waals surface area contributed by atoms with Crippen LogP contribution in [0, 0.1) is 5.92 Å². The van der Waals surface area contributed by atoms with Gasteiger partial charge in [-0.25, -0.2) is 4.98 Å². The summed E-state index contributed by atoms with van der Waals surface area (Å²) in [6.07, 6.45) is 33.6. The molecule has 0 N–H and O–H groups in total. The van der Waals surface area contributed by atoms with E-state index in [0.29, 0.717) is 11.8 Å². The van der Waals surface area contributed by atoms with Crippen LogP contribution in [0.25, 0.3) is 33.4 Å². The predicted molar refractivity (Wildman–Crippen MR) is 194 cm³/mol. The Labute approximate surface area is 278 Å². The molecule has 3 atom stereocenters. The minimum absolute atomic E-state index is 0.0667. The number of aromatic nitrogens is 1. The zero-order valence-corrected chi connectivity index (χ0v) is 27.2. The predicted octanol–water partition coefficient (Wildman–Crippen LogP) is 11.1. The third-order valence-electron chi connectivity index (χ3n) is 11.8. The number of fused-ring (bicyclic) bond motifs is 5. The van der Waals surface area contributed by atoms with Crippen LogP contribution in [-0.2, 0) is 5.41 Å². The first kappa shape index (κ1) is 27.4. The van der Waals surface area contributed by atoms with Crippen LogP contribution in [-0.4, -0.2) is 10.6 Å². The van der Waals surface area contributed by atoms with Crippen molar-refractivity contribution in [2.24, 2.45) is 5.92 Å². The van der Waals surface area contributed by atoms with E-state index in [1.807, 2.05) is 0 Å². The van der Waals surface area contributed by atoms with Gasteiger partial charge in [-0.15, -0.1) is 0 Å². The lowest BCUT2D eigenvalue weighted by atomic mass is 9.80. The van der Waals surface area contributed by atoms with E-state index in [0.717, 1.165) is 55.7 Å². The molecule has 6 aliphatic carbocycles. The summed E-state index contributed by atoms with van der Waals surface area (Å²) in [5, 5.41) is 0. The van der Waals surface area contributed by atoms with Crippen molar-refractivity contribution >= 4 is 22.3 Å². The lowest BCUT2D eigenvalue weighted by Crippen LogP contribution is -2.18. The molecule has 1 saturated carbocycles. The van der Waals surface area contributed by atoms with E-state index in [1.165, 1.54) is 61.2 Å². The third-order valence-corrected chi connectivity index (χ3v) is 11.8. The lowest BCUT2D eigenvalue weighted by Gasteiger charge is -2.23. The quantitative estimate of drug-likeness (QED) is 0.294. The molecule has 2 heterocycles. The zero-order valence-electron chi connectivity index (χ0n) is 27.2. The fraction of sp³-hybridized carbons (Fsp3) is 0.267. The molecule has 1 aromatic heterocycles. The van der Waals surface area contributed by atoms with E-state index in [9.17, 15) is 0 Å². The van der Waals surface area contributed by atoms with E-state index in [-0.39, 0.29) is 11.0 Å². The van der Waals surface area contributed by atoms with Gasteiger partial charge in [-0.3, -0.25) is 0 Å². The molecule has 7 aliphatic rings. The smallest absolute Gasteiger partial charge is 0.142 e. The maximum atomic E-state index is 6.70. The molecule has 0 amide bonds. The molecule has 0 saturated heterocycles. The van der Waals surface area contributed by atoms with Gasteiger partial charge in [0, 0.05) is 34.8 Å². The van der Waals surface area contributed by atoms with Gasteiger partial charge in [0.2, 0.25) is 0 Å². The third kappa shape index (κ3) is 4.13. The van der Waals surface area contributed by atoms with E-state index >= 15 is 0 Å². The van der Waals surface area contributed by atoms with Gasteiger partial charge in [-0.2, -0.15) is 0 Å². The Bertz CT molecular complexity index is 2110. The number of benzene rings is 2. The Morgan fingerprint density at radius 3 is 2.26 bits per heavy atom. The van der Waals surface area contributed by atoms with Crippen LogP contribution < -0.4 is 4.74 Å². The van der Waals surface area contributed by atoms with Crippen molar-refractivity contribution < 1.29 is 4.74 Å². The molecule has 3 aromatic rings. The average molecular weight is 610 g/mol. The van der Waals surface area contributed by atoms with E-state index in [4.69, 9.17) is 9.72 Å². The maximum Gasteiger partial charge on any atom is 0.142 e. The molecule has 47 heavy (non-hydrogen) atoms. The minimum Gasteiger partial charge on any atom is -0.481 e. The van der Waals surface area contributed by atoms with Crippen molar-refractivity contribution in [2.45, 2.75) is 69.3 Å². The largest absolute Gasteiger partial charge is 0.481 e. The first-order valence-electron chi connectivity index (χ1n) is 17.5. The molecule has 0 radical (unpaired) electrons. The van der Waals surface area contributed by atoms with Gasteiger partial charge in [0.15, 0.2) is 0 Å². The molecule has 1 fully saturated rings. The molecule has 2 nitrogen and oxygen atoms in total. The molecule has 10 rings (SSSR count). The second-order valence-corrected chi connectivity index (χ2v) is 14.9. The molecule has 2 aromatic carbocycles. The van der Waals surface area contributed by atoms with Crippen LogP contribution in [0.15, 0.2) is 115 Å². The summed E-state index contributed by atoms with van der Waals surface area (Å²) in [4.78, 5) is 5.31. The van der Waals surface area contributed by atoms with Crippen molar-refractivity contribution in [3.05, 3.63) is 155 Å². The number of allylic oxidation sites excluding steroid dienone is 14. The first-order valence-corrected chi connectivity index (χ1v) is 17.5. The zero-order chi connectivity index (χ0) is 31.3. The van der Waals surface area contributed by atoms with Crippen LogP contribution in [0.2, 0.25) is 0 Å². The molecule has 3 unspecified atom stereocenters. The summed E-state index contributed by atoms with van der Waals surface area (Å²) in [5.74, 6) is 1.89. The van der Waals surface area contributed by atoms with Gasteiger partial charge in [-0.05, 0) is 106 Å². The van der Waals surface area contributed by atoms with Gasteiger partial charge in [0.1, 0.15) is 11.4 Å². The van der Waals surface area contributed by atoms with Crippen molar-refractivity contribution in [1.29, 1.82) is 0 Å². The minimum atomic E-state index is -0.101. The van der Waals surface area contributed by atoms with Crippen molar-refractivity contribution in [2.75, 3.05) is 0 Å². The summed E-state index contributed by atoms with van der Waals surface area (Å²) in [5.41, 5.74) is 17.1. The van der Waals surface area contributed by atoms with Gasteiger partial charge < -0.3 is 4.74 Å². The SMILES string of the molecule is CC1(C)c2ccc(C3C=CC=C(c4cc(C5=CC=CCC5)cc(C5=CC=CCC5)n4)C3)cc2-c2cc3c(cc21)OC12CC1C=CC=C32. The standard InChI is InChI=1S/C45H39NO/c1-44(2)38-20-19-31(22-35(38)36-25-37-39-18-10-17-34-27-45(34,39)47-43(37)26-40(36)44)30-15-9-16-32(21-30)42-24-33(28-11-5-3-6-12-28)23-41(46-42)29-13-7-4-8-14-29/h3-5,7,9-11,13,15-20,22-26,30,34H,6,8,12,14,21,27H2,1-2H3. The highest BCUT2D eigenvalue weighted by Gasteiger charge is 2.63. The number of nitrogens with zero attached hydrogens (tertiary/aromatic N) is 1. The van der Waals surface area contributed by atoms with Crippen molar-refractivity contribution in [3.63, 3.8) is 0 Å². The van der Waals surface area contributed by atoms with Crippen LogP contribution in [0.1, 0.15) is 97.5 Å². The lowest BCUT2D eigenvalue weighted by molar-refractivity contribution is 0.245. The number of ether oxygens (including phenoxy) is 1. The topological polar surface area (TPSA) is 22.1 Å². The van der Waals surface area contributed by atoms with Gasteiger partial charge in [0.25, 0.3) is 0 Å². The summed E-state index contributed by atoms with van der Waals surface area (Å²) in [7, 11) is 0. The van der Waals surface area contributed by atoms with E-state index in [2.05, 4.69) is 129 Å². The maximum absolute atomic E-state index is 6.70. The number of rotatable bonds is 4. The summed E-state index contributed by atoms with van der Waals surface area (Å²) < 4.78 is 6.70. The summed E-state index contributed by atoms with van der Waals surface area (Å²) in [6.45, 7) is 4.74. The fourth-order valence-corrected chi connectivity index (χ4v) is 9.04. The van der Waals surface area contributed by atoms with Gasteiger partial charge in [0.05, 0.1) is 11.4 Å². The van der Waals surface area contributed by atoms with Gasteiger partial charge in [-0.1, -0.05) is 105 Å². The Hall–Kier alpha value is -4.69. The molecule has 1 aliphatic heterocycles. The molecular weight excluding hydrogens is 571 g/mol. The Balaban J connectivity index is 1.01. The number of hydrogen-bond donors (Lipinski definition) is 0. The summed E-state index contributed by atoms with van der Waals surface area (Å²) >= 11 is 0. The van der Waals surface area contributed by atoms with E-state index in [1.54, 1.807) is 0 Å². The van der Waals surface area contributed by atoms with Crippen LogP contribution in [0.5, 0.6) is 5.75 Å². The fourth-order valence-electron chi connectivity index (χ4n) is 9.04. The average Bonchev–Trinajstić information content (AvgIpc) is 3.70. The van der Waals surface area contributed by atoms with E-state index < -0.39 is 0 Å². The highest BCUT2D eigenvalue weighted by molar-refractivity contribution is 5.92. The van der Waals surface area contributed by atoms with Crippen molar-refractivity contribution in [3.8, 4) is 16.9 Å². The number of pyridine rings is 1. The summed E-state index contributed by atoms with van der Waals surface area (Å²) in [6, 6.07) is 16.7. The Kier molecular flexibility index (Phi) is 5.78. The Morgan fingerprint density at radius 1 is 0.702 bits per heavy atom. The molecule has 0 bridgehead atoms. The van der Waals surface area contributed by atoms with Crippen molar-refractivity contribution in [1.82, 2.24) is 4.98 Å². The molecular formula is C45H39NO. The normalized spacial score (nSPS) is 26.6. The molecule has 230 valence electrons. The highest BCUT2D eigenvalue weighted by atomic mass is 16.5. The number of hydrogen-bond acceptors (Lipinski definition) is 2. The van der Waals surface area contributed by atoms with Crippen LogP contribution in [0.3, 0.4) is 0 Å². The Morgan fingerprint density at radius 2 is 1.45 bits per heavy atom. The molecule has 2 heteroatoms. The second-order valence-electron chi connectivity index (χ2n) is 14.9. The molecule has 1 spiro atoms. The first-order chi connectivity index (χ1) is 23.0. The van der Waals surface area contributed by atoms with Crippen LogP contribution >= 0.6 is 0 Å².